The smallest absolute Gasteiger partial charge is 0.181 e. The first-order chi connectivity index (χ1) is 10.1. The van der Waals surface area contributed by atoms with E-state index >= 15 is 0 Å². The summed E-state index contributed by atoms with van der Waals surface area (Å²) >= 11 is 0. The number of ether oxygens (including phenoxy) is 1. The van der Waals surface area contributed by atoms with Gasteiger partial charge in [0.05, 0.1) is 25.0 Å². The summed E-state index contributed by atoms with van der Waals surface area (Å²) in [6.07, 6.45) is 1.29. The van der Waals surface area contributed by atoms with Crippen molar-refractivity contribution in [2.24, 2.45) is 0 Å². The lowest BCUT2D eigenvalue weighted by Gasteiger charge is -2.07. The second-order valence-corrected chi connectivity index (χ2v) is 4.84. The number of ketones is 1. The Hall–Kier alpha value is -1.63. The summed E-state index contributed by atoms with van der Waals surface area (Å²) in [4.78, 5) is 16.7. The van der Waals surface area contributed by atoms with E-state index < -0.39 is 6.10 Å². The molecule has 122 valence electrons. The molecule has 0 aliphatic rings. The molecule has 2 heterocycles. The number of halogens is 1. The monoisotopic (exact) mass is 328 g/mol. The molecule has 6 nitrogen and oxygen atoms in total. The molecule has 0 radical (unpaired) electrons. The molecule has 2 aromatic heterocycles. The Labute approximate surface area is 135 Å². The molecule has 0 aromatic carbocycles. The molecule has 0 amide bonds. The molecular formula is C15H21ClN2O4. The topological polar surface area (TPSA) is 84.1 Å². The Morgan fingerprint density at radius 2 is 2.23 bits per heavy atom. The van der Waals surface area contributed by atoms with Gasteiger partial charge >= 0.3 is 0 Å². The first kappa shape index (κ1) is 18.4. The number of aromatic nitrogens is 2. The van der Waals surface area contributed by atoms with Gasteiger partial charge in [0.25, 0.3) is 0 Å². The van der Waals surface area contributed by atoms with E-state index in [1.54, 1.807) is 23.6 Å². The molecule has 2 aromatic rings. The average molecular weight is 329 g/mol. The van der Waals surface area contributed by atoms with Crippen molar-refractivity contribution in [3.8, 4) is 5.75 Å². The summed E-state index contributed by atoms with van der Waals surface area (Å²) in [5.41, 5.74) is 1.74. The minimum absolute atomic E-state index is 0. The van der Waals surface area contributed by atoms with Crippen LogP contribution in [0.1, 0.15) is 35.9 Å². The number of Topliss-reactive ketones (excluding diaryl/α,β-unsaturated/α-hetero) is 1. The number of carbonyl (C=O) groups is 1. The van der Waals surface area contributed by atoms with Gasteiger partial charge in [0.15, 0.2) is 17.2 Å². The molecule has 0 unspecified atom stereocenters. The van der Waals surface area contributed by atoms with Crippen molar-refractivity contribution >= 4 is 23.8 Å². The van der Waals surface area contributed by atoms with Crippen LogP contribution < -0.4 is 4.74 Å². The maximum Gasteiger partial charge on any atom is 0.181 e. The summed E-state index contributed by atoms with van der Waals surface area (Å²) in [7, 11) is 0. The average Bonchev–Trinajstić information content (AvgIpc) is 2.82. The molecular weight excluding hydrogens is 308 g/mol. The number of rotatable bonds is 7. The summed E-state index contributed by atoms with van der Waals surface area (Å²) < 4.78 is 7.23. The summed E-state index contributed by atoms with van der Waals surface area (Å²) in [5, 5.41) is 18.2. The van der Waals surface area contributed by atoms with Crippen LogP contribution in [0.2, 0.25) is 0 Å². The van der Waals surface area contributed by atoms with Crippen molar-refractivity contribution in [1.82, 2.24) is 9.38 Å². The second kappa shape index (κ2) is 8.12. The van der Waals surface area contributed by atoms with Crippen LogP contribution in [-0.4, -0.2) is 44.7 Å². The van der Waals surface area contributed by atoms with Gasteiger partial charge in [-0.05, 0) is 32.4 Å². The number of aliphatic hydroxyl groups excluding tert-OH is 2. The Morgan fingerprint density at radius 3 is 2.86 bits per heavy atom. The van der Waals surface area contributed by atoms with Gasteiger partial charge in [-0.3, -0.25) is 9.20 Å². The van der Waals surface area contributed by atoms with Crippen LogP contribution in [0.25, 0.3) is 5.65 Å². The number of pyridine rings is 1. The SMILES string of the molecule is CCOc1cccn2c(C(=O)CC[C@@H](O)CO)c(C)nc12.Cl. The maximum atomic E-state index is 12.3. The van der Waals surface area contributed by atoms with Crippen molar-refractivity contribution in [2.45, 2.75) is 32.8 Å². The highest BCUT2D eigenvalue weighted by Crippen LogP contribution is 2.23. The number of fused-ring (bicyclic) bond motifs is 1. The van der Waals surface area contributed by atoms with Gasteiger partial charge < -0.3 is 14.9 Å². The van der Waals surface area contributed by atoms with E-state index in [1.165, 1.54) is 0 Å². The predicted molar refractivity (Wildman–Crippen MR) is 85.0 cm³/mol. The normalized spacial score (nSPS) is 12.0. The van der Waals surface area contributed by atoms with Crippen molar-refractivity contribution in [1.29, 1.82) is 0 Å². The third kappa shape index (κ3) is 3.76. The van der Waals surface area contributed by atoms with E-state index in [4.69, 9.17) is 9.84 Å². The molecule has 2 rings (SSSR count). The number of nitrogens with zero attached hydrogens (tertiary/aromatic N) is 2. The quantitative estimate of drug-likeness (QED) is 0.757. The molecule has 0 aliphatic heterocycles. The number of carbonyl (C=O) groups excluding carboxylic acids is 1. The first-order valence-corrected chi connectivity index (χ1v) is 7.01. The zero-order chi connectivity index (χ0) is 15.4. The van der Waals surface area contributed by atoms with Crippen LogP contribution in [0.5, 0.6) is 5.75 Å². The second-order valence-electron chi connectivity index (χ2n) is 4.84. The highest BCUT2D eigenvalue weighted by atomic mass is 35.5. The zero-order valence-electron chi connectivity index (χ0n) is 12.7. The van der Waals surface area contributed by atoms with Crippen molar-refractivity contribution in [3.63, 3.8) is 0 Å². The summed E-state index contributed by atoms with van der Waals surface area (Å²) in [5.74, 6) is 0.527. The minimum Gasteiger partial charge on any atom is -0.490 e. The third-order valence-electron chi connectivity index (χ3n) is 3.27. The third-order valence-corrected chi connectivity index (χ3v) is 3.27. The fraction of sp³-hybridized carbons (Fsp3) is 0.467. The van der Waals surface area contributed by atoms with Gasteiger partial charge in [0, 0.05) is 12.6 Å². The van der Waals surface area contributed by atoms with Crippen molar-refractivity contribution in [3.05, 3.63) is 29.7 Å². The van der Waals surface area contributed by atoms with E-state index in [0.717, 1.165) is 0 Å². The van der Waals surface area contributed by atoms with Gasteiger partial charge in [-0.15, -0.1) is 12.4 Å². The van der Waals surface area contributed by atoms with Gasteiger partial charge in [0.2, 0.25) is 0 Å². The number of aryl methyl sites for hydroxylation is 1. The van der Waals surface area contributed by atoms with Crippen LogP contribution in [0.4, 0.5) is 0 Å². The Morgan fingerprint density at radius 1 is 1.50 bits per heavy atom. The fourth-order valence-electron chi connectivity index (χ4n) is 2.27. The van der Waals surface area contributed by atoms with Gasteiger partial charge in [0.1, 0.15) is 5.69 Å². The van der Waals surface area contributed by atoms with Gasteiger partial charge in [-0.2, -0.15) is 0 Å². The van der Waals surface area contributed by atoms with Crippen LogP contribution in [-0.2, 0) is 0 Å². The van der Waals surface area contributed by atoms with E-state index in [-0.39, 0.29) is 37.6 Å². The first-order valence-electron chi connectivity index (χ1n) is 7.01. The molecule has 2 N–H and O–H groups in total. The highest BCUT2D eigenvalue weighted by molar-refractivity contribution is 5.96. The van der Waals surface area contributed by atoms with E-state index in [2.05, 4.69) is 4.98 Å². The van der Waals surface area contributed by atoms with Crippen LogP contribution >= 0.6 is 12.4 Å². The largest absolute Gasteiger partial charge is 0.490 e. The van der Waals surface area contributed by atoms with E-state index in [9.17, 15) is 9.90 Å². The van der Waals surface area contributed by atoms with Crippen LogP contribution in [0.3, 0.4) is 0 Å². The van der Waals surface area contributed by atoms with E-state index in [1.807, 2.05) is 13.0 Å². The summed E-state index contributed by atoms with van der Waals surface area (Å²) in [6, 6.07) is 3.62. The Balaban J connectivity index is 0.00000242. The molecule has 1 atom stereocenters. The Bertz CT molecular complexity index is 642. The molecule has 0 spiro atoms. The molecule has 22 heavy (non-hydrogen) atoms. The predicted octanol–water partition coefficient (Wildman–Crippen LogP) is 1.78. The highest BCUT2D eigenvalue weighted by Gasteiger charge is 2.19. The van der Waals surface area contributed by atoms with Gasteiger partial charge in [-0.25, -0.2) is 4.98 Å². The van der Waals surface area contributed by atoms with Crippen LogP contribution in [0, 0.1) is 6.92 Å². The lowest BCUT2D eigenvalue weighted by molar-refractivity contribution is 0.0776. The van der Waals surface area contributed by atoms with Crippen molar-refractivity contribution < 1.29 is 19.7 Å². The zero-order valence-corrected chi connectivity index (χ0v) is 13.5. The van der Waals surface area contributed by atoms with Gasteiger partial charge in [-0.1, -0.05) is 0 Å². The maximum absolute atomic E-state index is 12.3. The molecule has 0 aliphatic carbocycles. The summed E-state index contributed by atoms with van der Waals surface area (Å²) in [6.45, 7) is 3.85. The molecule has 0 bridgehead atoms. The molecule has 0 saturated carbocycles. The fourth-order valence-corrected chi connectivity index (χ4v) is 2.27. The lowest BCUT2D eigenvalue weighted by atomic mass is 10.1. The minimum atomic E-state index is -0.868. The standard InChI is InChI=1S/C15H20N2O4.ClH/c1-3-21-13-5-4-8-17-14(10(2)16-15(13)17)12(20)7-6-11(19)9-18;/h4-5,8,11,18-19H,3,6-7,9H2,1-2H3;1H/t11-;/m1./s1. The molecule has 0 fully saturated rings. The van der Waals surface area contributed by atoms with E-state index in [0.29, 0.717) is 29.4 Å². The number of hydrogen-bond donors (Lipinski definition) is 2. The number of imidazole rings is 1. The molecule has 0 saturated heterocycles. The lowest BCUT2D eigenvalue weighted by Crippen LogP contribution is -2.15. The van der Waals surface area contributed by atoms with Crippen LogP contribution in [0.15, 0.2) is 18.3 Å². The number of aliphatic hydroxyl groups is 2. The Kier molecular flexibility index (Phi) is 6.80. The number of hydrogen-bond acceptors (Lipinski definition) is 5. The van der Waals surface area contributed by atoms with Crippen molar-refractivity contribution in [2.75, 3.05) is 13.2 Å². The molecule has 7 heteroatoms.